The first kappa shape index (κ1) is 10.1. The summed E-state index contributed by atoms with van der Waals surface area (Å²) in [6, 6.07) is 7.86. The van der Waals surface area contributed by atoms with Crippen molar-refractivity contribution in [3.8, 4) is 12.3 Å². The van der Waals surface area contributed by atoms with Gasteiger partial charge < -0.3 is 10.0 Å². The predicted molar refractivity (Wildman–Crippen MR) is 61.7 cm³/mol. The minimum Gasteiger partial charge on any atom is -0.376 e. The Hall–Kier alpha value is -1.46. The Morgan fingerprint density at radius 3 is 2.33 bits per heavy atom. The molecule has 1 N–H and O–H groups in total. The molecule has 1 aliphatic heterocycles. The van der Waals surface area contributed by atoms with Crippen molar-refractivity contribution in [1.29, 1.82) is 0 Å². The van der Waals surface area contributed by atoms with E-state index < -0.39 is 6.10 Å². The zero-order valence-corrected chi connectivity index (χ0v) is 8.69. The number of rotatable bonds is 2. The highest BCUT2D eigenvalue weighted by Crippen LogP contribution is 2.22. The predicted octanol–water partition coefficient (Wildman–Crippen LogP) is 1.95. The van der Waals surface area contributed by atoms with Gasteiger partial charge in [-0.3, -0.25) is 0 Å². The molecule has 78 valence electrons. The van der Waals surface area contributed by atoms with Crippen LogP contribution in [0.4, 0.5) is 5.69 Å². The van der Waals surface area contributed by atoms with E-state index in [9.17, 15) is 5.11 Å². The molecule has 0 aliphatic carbocycles. The van der Waals surface area contributed by atoms with Crippen molar-refractivity contribution < 1.29 is 5.11 Å². The van der Waals surface area contributed by atoms with Gasteiger partial charge >= 0.3 is 0 Å². The van der Waals surface area contributed by atoms with Crippen LogP contribution in [-0.4, -0.2) is 18.2 Å². The van der Waals surface area contributed by atoms with Gasteiger partial charge in [0.1, 0.15) is 6.10 Å². The van der Waals surface area contributed by atoms with E-state index in [0.717, 1.165) is 18.7 Å². The topological polar surface area (TPSA) is 23.5 Å². The molecular formula is C13H15NO. The summed E-state index contributed by atoms with van der Waals surface area (Å²) in [4.78, 5) is 2.35. The van der Waals surface area contributed by atoms with Gasteiger partial charge in [-0.1, -0.05) is 18.1 Å². The summed E-state index contributed by atoms with van der Waals surface area (Å²) in [6.45, 7) is 2.27. The Morgan fingerprint density at radius 1 is 1.20 bits per heavy atom. The van der Waals surface area contributed by atoms with Crippen LogP contribution >= 0.6 is 0 Å². The number of aliphatic hydroxyl groups excluding tert-OH is 1. The zero-order valence-electron chi connectivity index (χ0n) is 8.69. The Bertz CT molecular complexity index is 357. The largest absolute Gasteiger partial charge is 0.376 e. The van der Waals surface area contributed by atoms with E-state index >= 15 is 0 Å². The molecule has 1 unspecified atom stereocenters. The molecule has 0 radical (unpaired) electrons. The minimum absolute atomic E-state index is 0.780. The first-order valence-electron chi connectivity index (χ1n) is 5.30. The van der Waals surface area contributed by atoms with Gasteiger partial charge in [-0.15, -0.1) is 6.42 Å². The molecule has 1 fully saturated rings. The van der Waals surface area contributed by atoms with Crippen molar-refractivity contribution in [3.05, 3.63) is 29.8 Å². The van der Waals surface area contributed by atoms with Crippen molar-refractivity contribution in [3.63, 3.8) is 0 Å². The summed E-state index contributed by atoms with van der Waals surface area (Å²) in [6.07, 6.45) is 6.92. The summed E-state index contributed by atoms with van der Waals surface area (Å²) < 4.78 is 0. The van der Waals surface area contributed by atoms with Gasteiger partial charge in [0.2, 0.25) is 0 Å². The van der Waals surface area contributed by atoms with Crippen LogP contribution in [0.5, 0.6) is 0 Å². The fourth-order valence-corrected chi connectivity index (χ4v) is 1.94. The van der Waals surface area contributed by atoms with Crippen LogP contribution in [0, 0.1) is 12.3 Å². The van der Waals surface area contributed by atoms with Gasteiger partial charge in [-0.2, -0.15) is 0 Å². The van der Waals surface area contributed by atoms with Crippen molar-refractivity contribution >= 4 is 5.69 Å². The molecule has 1 atom stereocenters. The molecule has 2 heteroatoms. The quantitative estimate of drug-likeness (QED) is 0.739. The number of hydrogen-bond donors (Lipinski definition) is 1. The summed E-state index contributed by atoms with van der Waals surface area (Å²) in [5.41, 5.74) is 2.01. The second kappa shape index (κ2) is 4.37. The fourth-order valence-electron chi connectivity index (χ4n) is 1.94. The number of benzene rings is 1. The Morgan fingerprint density at radius 2 is 1.80 bits per heavy atom. The van der Waals surface area contributed by atoms with Gasteiger partial charge in [0.15, 0.2) is 0 Å². The maximum absolute atomic E-state index is 9.44. The molecule has 0 spiro atoms. The standard InChI is InChI=1S/C13H15NO/c1-2-13(15)11-5-7-12(8-6-11)14-9-3-4-10-14/h1,5-8,13,15H,3-4,9-10H2. The average Bonchev–Trinajstić information content (AvgIpc) is 2.82. The van der Waals surface area contributed by atoms with Crippen LogP contribution in [0.1, 0.15) is 24.5 Å². The summed E-state index contributed by atoms with van der Waals surface area (Å²) in [7, 11) is 0. The minimum atomic E-state index is -0.780. The molecule has 0 amide bonds. The van der Waals surface area contributed by atoms with Crippen LogP contribution in [0.3, 0.4) is 0 Å². The van der Waals surface area contributed by atoms with E-state index in [4.69, 9.17) is 6.42 Å². The van der Waals surface area contributed by atoms with Crippen LogP contribution in [0.2, 0.25) is 0 Å². The monoisotopic (exact) mass is 201 g/mol. The molecule has 1 aromatic rings. The van der Waals surface area contributed by atoms with E-state index in [-0.39, 0.29) is 0 Å². The van der Waals surface area contributed by atoms with Gasteiger partial charge in [0, 0.05) is 18.8 Å². The Labute approximate surface area is 90.5 Å². The summed E-state index contributed by atoms with van der Waals surface area (Å²) >= 11 is 0. The lowest BCUT2D eigenvalue weighted by molar-refractivity contribution is 0.238. The number of terminal acetylenes is 1. The highest BCUT2D eigenvalue weighted by Gasteiger charge is 2.12. The molecule has 1 aromatic carbocycles. The number of aliphatic hydroxyl groups is 1. The smallest absolute Gasteiger partial charge is 0.139 e. The number of hydrogen-bond acceptors (Lipinski definition) is 2. The van der Waals surface area contributed by atoms with E-state index in [2.05, 4.69) is 10.8 Å². The lowest BCUT2D eigenvalue weighted by Crippen LogP contribution is -2.17. The lowest BCUT2D eigenvalue weighted by Gasteiger charge is -2.17. The molecule has 2 rings (SSSR count). The molecule has 1 aliphatic rings. The van der Waals surface area contributed by atoms with Gasteiger partial charge in [-0.25, -0.2) is 0 Å². The molecule has 0 saturated carbocycles. The van der Waals surface area contributed by atoms with Crippen LogP contribution < -0.4 is 4.90 Å². The molecule has 1 saturated heterocycles. The van der Waals surface area contributed by atoms with Crippen molar-refractivity contribution in [1.82, 2.24) is 0 Å². The van der Waals surface area contributed by atoms with Gasteiger partial charge in [0.25, 0.3) is 0 Å². The third-order valence-corrected chi connectivity index (χ3v) is 2.84. The fraction of sp³-hybridized carbons (Fsp3) is 0.385. The van der Waals surface area contributed by atoms with E-state index in [0.29, 0.717) is 0 Å². The van der Waals surface area contributed by atoms with Crippen LogP contribution in [0.25, 0.3) is 0 Å². The van der Waals surface area contributed by atoms with Gasteiger partial charge in [0.05, 0.1) is 0 Å². The molecule has 2 nitrogen and oxygen atoms in total. The van der Waals surface area contributed by atoms with E-state index in [1.165, 1.54) is 18.5 Å². The third-order valence-electron chi connectivity index (χ3n) is 2.84. The second-order valence-corrected chi connectivity index (χ2v) is 3.85. The van der Waals surface area contributed by atoms with E-state index in [1.807, 2.05) is 24.3 Å². The van der Waals surface area contributed by atoms with E-state index in [1.54, 1.807) is 0 Å². The summed E-state index contributed by atoms with van der Waals surface area (Å²) in [5, 5.41) is 9.44. The average molecular weight is 201 g/mol. The maximum Gasteiger partial charge on any atom is 0.139 e. The van der Waals surface area contributed by atoms with Crippen molar-refractivity contribution in [2.75, 3.05) is 18.0 Å². The molecule has 1 heterocycles. The number of anilines is 1. The first-order chi connectivity index (χ1) is 7.31. The molecule has 15 heavy (non-hydrogen) atoms. The normalized spacial score (nSPS) is 17.5. The van der Waals surface area contributed by atoms with Gasteiger partial charge in [-0.05, 0) is 30.5 Å². The lowest BCUT2D eigenvalue weighted by atomic mass is 10.1. The highest BCUT2D eigenvalue weighted by molar-refractivity contribution is 5.49. The van der Waals surface area contributed by atoms with Crippen LogP contribution in [0.15, 0.2) is 24.3 Å². The highest BCUT2D eigenvalue weighted by atomic mass is 16.3. The van der Waals surface area contributed by atoms with Crippen LogP contribution in [-0.2, 0) is 0 Å². The molecule has 0 aromatic heterocycles. The third kappa shape index (κ3) is 2.14. The summed E-state index contributed by atoms with van der Waals surface area (Å²) in [5.74, 6) is 2.31. The maximum atomic E-state index is 9.44. The van der Waals surface area contributed by atoms with Crippen molar-refractivity contribution in [2.24, 2.45) is 0 Å². The Kier molecular flexibility index (Phi) is 2.94. The number of nitrogens with zero attached hydrogens (tertiary/aromatic N) is 1. The molecular weight excluding hydrogens is 186 g/mol. The SMILES string of the molecule is C#CC(O)c1ccc(N2CCCC2)cc1. The second-order valence-electron chi connectivity index (χ2n) is 3.85. The van der Waals surface area contributed by atoms with Crippen molar-refractivity contribution in [2.45, 2.75) is 18.9 Å². The first-order valence-corrected chi connectivity index (χ1v) is 5.30. The Balaban J connectivity index is 2.13. The molecule has 0 bridgehead atoms. The zero-order chi connectivity index (χ0) is 10.7.